The van der Waals surface area contributed by atoms with Gasteiger partial charge in [-0.25, -0.2) is 9.97 Å². The van der Waals surface area contributed by atoms with Gasteiger partial charge in [0.15, 0.2) is 0 Å². The average Bonchev–Trinajstić information content (AvgIpc) is 2.93. The number of halogens is 2. The van der Waals surface area contributed by atoms with Gasteiger partial charge in [-0.15, -0.1) is 0 Å². The number of amides is 1. The van der Waals surface area contributed by atoms with Crippen molar-refractivity contribution in [3.8, 4) is 5.75 Å². The van der Waals surface area contributed by atoms with Gasteiger partial charge in [0.05, 0.1) is 12.7 Å². The van der Waals surface area contributed by atoms with Crippen LogP contribution in [0.1, 0.15) is 10.4 Å². The fraction of sp³-hybridized carbons (Fsp3) is 0.0714. The van der Waals surface area contributed by atoms with Gasteiger partial charge < -0.3 is 9.72 Å². The minimum atomic E-state index is -0.297. The van der Waals surface area contributed by atoms with E-state index in [4.69, 9.17) is 4.74 Å². The van der Waals surface area contributed by atoms with E-state index >= 15 is 0 Å². The van der Waals surface area contributed by atoms with E-state index in [1.165, 1.54) is 6.20 Å². The molecule has 0 aliphatic rings. The Bertz CT molecular complexity index is 846. The first-order valence-electron chi connectivity index (χ1n) is 6.23. The van der Waals surface area contributed by atoms with Crippen LogP contribution in [0.25, 0.3) is 11.0 Å². The maximum absolute atomic E-state index is 12.2. The lowest BCUT2D eigenvalue weighted by Crippen LogP contribution is -2.13. The Labute approximate surface area is 142 Å². The van der Waals surface area contributed by atoms with Crippen molar-refractivity contribution < 1.29 is 9.53 Å². The third-order valence-corrected chi connectivity index (χ3v) is 4.11. The SMILES string of the molecule is COc1ccc(Br)c2nc(NC(=O)c3ccc(Br)nc3)[nH]c12. The van der Waals surface area contributed by atoms with Gasteiger partial charge >= 0.3 is 0 Å². The molecule has 0 spiro atoms. The Hall–Kier alpha value is -1.93. The van der Waals surface area contributed by atoms with Crippen LogP contribution in [-0.2, 0) is 0 Å². The smallest absolute Gasteiger partial charge is 0.259 e. The molecule has 2 N–H and O–H groups in total. The number of ether oxygens (including phenoxy) is 1. The summed E-state index contributed by atoms with van der Waals surface area (Å²) < 4.78 is 6.76. The number of aromatic amines is 1. The van der Waals surface area contributed by atoms with E-state index in [0.29, 0.717) is 32.9 Å². The molecule has 0 bridgehead atoms. The number of carbonyl (C=O) groups excluding carboxylic acids is 1. The van der Waals surface area contributed by atoms with E-state index in [1.807, 2.05) is 12.1 Å². The van der Waals surface area contributed by atoms with Gasteiger partial charge in [0, 0.05) is 10.7 Å². The van der Waals surface area contributed by atoms with Crippen molar-refractivity contribution in [2.75, 3.05) is 12.4 Å². The third kappa shape index (κ3) is 2.84. The normalized spacial score (nSPS) is 10.7. The summed E-state index contributed by atoms with van der Waals surface area (Å²) >= 11 is 6.65. The molecule has 0 fully saturated rings. The minimum Gasteiger partial charge on any atom is -0.494 e. The number of carbonyl (C=O) groups is 1. The van der Waals surface area contributed by atoms with E-state index in [9.17, 15) is 4.79 Å². The molecule has 8 heteroatoms. The summed E-state index contributed by atoms with van der Waals surface area (Å²) in [6.45, 7) is 0. The number of imidazole rings is 1. The Morgan fingerprint density at radius 3 is 2.77 bits per heavy atom. The number of nitrogens with zero attached hydrogens (tertiary/aromatic N) is 2. The number of H-pyrrole nitrogens is 1. The van der Waals surface area contributed by atoms with Gasteiger partial charge in [-0.3, -0.25) is 10.1 Å². The van der Waals surface area contributed by atoms with Gasteiger partial charge in [0.1, 0.15) is 21.4 Å². The summed E-state index contributed by atoms with van der Waals surface area (Å²) in [5.41, 5.74) is 1.83. The Morgan fingerprint density at radius 2 is 2.09 bits per heavy atom. The summed E-state index contributed by atoms with van der Waals surface area (Å²) in [4.78, 5) is 23.6. The molecule has 1 amide bonds. The summed E-state index contributed by atoms with van der Waals surface area (Å²) in [6, 6.07) is 7.03. The number of fused-ring (bicyclic) bond motifs is 1. The van der Waals surface area contributed by atoms with Gasteiger partial charge in [-0.05, 0) is 56.1 Å². The van der Waals surface area contributed by atoms with Crippen molar-refractivity contribution in [1.82, 2.24) is 15.0 Å². The van der Waals surface area contributed by atoms with Crippen LogP contribution in [0, 0.1) is 0 Å². The number of hydrogen-bond acceptors (Lipinski definition) is 4. The van der Waals surface area contributed by atoms with Gasteiger partial charge in [0.25, 0.3) is 5.91 Å². The number of pyridine rings is 1. The van der Waals surface area contributed by atoms with Gasteiger partial charge in [0.2, 0.25) is 5.95 Å². The van der Waals surface area contributed by atoms with Gasteiger partial charge in [-0.1, -0.05) is 0 Å². The molecule has 6 nitrogen and oxygen atoms in total. The lowest BCUT2D eigenvalue weighted by molar-refractivity contribution is 0.102. The van der Waals surface area contributed by atoms with Crippen molar-refractivity contribution in [2.24, 2.45) is 0 Å². The number of nitrogens with one attached hydrogen (secondary N) is 2. The molecule has 0 aliphatic carbocycles. The van der Waals surface area contributed by atoms with Crippen LogP contribution in [0.3, 0.4) is 0 Å². The number of hydrogen-bond donors (Lipinski definition) is 2. The van der Waals surface area contributed by atoms with Crippen molar-refractivity contribution in [3.05, 3.63) is 45.1 Å². The molecule has 0 saturated carbocycles. The molecule has 1 aromatic carbocycles. The summed E-state index contributed by atoms with van der Waals surface area (Å²) in [5.74, 6) is 0.693. The predicted octanol–water partition coefficient (Wildman–Crippen LogP) is 3.74. The van der Waals surface area contributed by atoms with E-state index in [2.05, 4.69) is 52.1 Å². The van der Waals surface area contributed by atoms with Crippen LogP contribution in [-0.4, -0.2) is 28.0 Å². The van der Waals surface area contributed by atoms with Crippen molar-refractivity contribution >= 4 is 54.7 Å². The second-order valence-corrected chi connectivity index (χ2v) is 6.05. The zero-order chi connectivity index (χ0) is 15.7. The largest absolute Gasteiger partial charge is 0.494 e. The number of aromatic nitrogens is 3. The van der Waals surface area contributed by atoms with Crippen molar-refractivity contribution in [3.63, 3.8) is 0 Å². The fourth-order valence-corrected chi connectivity index (χ4v) is 2.61. The van der Waals surface area contributed by atoms with E-state index in [0.717, 1.165) is 4.47 Å². The second-order valence-electron chi connectivity index (χ2n) is 4.38. The molecule has 3 rings (SSSR count). The number of methoxy groups -OCH3 is 1. The first kappa shape index (κ1) is 15.0. The van der Waals surface area contributed by atoms with Crippen LogP contribution < -0.4 is 10.1 Å². The maximum atomic E-state index is 12.2. The number of anilines is 1. The molecule has 3 aromatic rings. The van der Waals surface area contributed by atoms with Crippen LogP contribution >= 0.6 is 31.9 Å². The van der Waals surface area contributed by atoms with Crippen LogP contribution in [0.4, 0.5) is 5.95 Å². The topological polar surface area (TPSA) is 79.9 Å². The molecular weight excluding hydrogens is 416 g/mol. The summed E-state index contributed by atoms with van der Waals surface area (Å²) in [7, 11) is 1.58. The average molecular weight is 426 g/mol. The monoisotopic (exact) mass is 424 g/mol. The molecule has 0 saturated heterocycles. The molecule has 0 aliphatic heterocycles. The molecule has 0 unspecified atom stereocenters. The minimum absolute atomic E-state index is 0.297. The molecule has 2 aromatic heterocycles. The highest BCUT2D eigenvalue weighted by molar-refractivity contribution is 9.10. The Balaban J connectivity index is 1.92. The van der Waals surface area contributed by atoms with E-state index < -0.39 is 0 Å². The van der Waals surface area contributed by atoms with Crippen LogP contribution in [0.2, 0.25) is 0 Å². The van der Waals surface area contributed by atoms with E-state index in [-0.39, 0.29) is 5.91 Å². The van der Waals surface area contributed by atoms with E-state index in [1.54, 1.807) is 19.2 Å². The first-order valence-corrected chi connectivity index (χ1v) is 7.82. The first-order chi connectivity index (χ1) is 10.6. The Kier molecular flexibility index (Phi) is 4.12. The zero-order valence-electron chi connectivity index (χ0n) is 11.4. The zero-order valence-corrected chi connectivity index (χ0v) is 14.5. The quantitative estimate of drug-likeness (QED) is 0.626. The number of benzene rings is 1. The molecule has 2 heterocycles. The molecule has 22 heavy (non-hydrogen) atoms. The van der Waals surface area contributed by atoms with Crippen molar-refractivity contribution in [1.29, 1.82) is 0 Å². The second kappa shape index (κ2) is 6.05. The van der Waals surface area contributed by atoms with Crippen molar-refractivity contribution in [2.45, 2.75) is 0 Å². The highest BCUT2D eigenvalue weighted by atomic mass is 79.9. The summed E-state index contributed by atoms with van der Waals surface area (Å²) in [6.07, 6.45) is 1.48. The number of rotatable bonds is 3. The molecule has 0 atom stereocenters. The molecule has 112 valence electrons. The summed E-state index contributed by atoms with van der Waals surface area (Å²) in [5, 5.41) is 2.71. The Morgan fingerprint density at radius 1 is 1.27 bits per heavy atom. The standard InChI is InChI=1S/C14H10Br2N4O2/c1-22-9-4-3-8(15)11-12(9)19-14(18-11)20-13(21)7-2-5-10(16)17-6-7/h2-6H,1H3,(H2,18,19,20,21). The fourth-order valence-electron chi connectivity index (χ4n) is 1.95. The third-order valence-electron chi connectivity index (χ3n) is 3.00. The van der Waals surface area contributed by atoms with Crippen LogP contribution in [0.5, 0.6) is 5.75 Å². The highest BCUT2D eigenvalue weighted by Gasteiger charge is 2.13. The molecular formula is C14H10Br2N4O2. The maximum Gasteiger partial charge on any atom is 0.259 e. The van der Waals surface area contributed by atoms with Crippen LogP contribution in [0.15, 0.2) is 39.5 Å². The lowest BCUT2D eigenvalue weighted by Gasteiger charge is -2.01. The predicted molar refractivity (Wildman–Crippen MR) is 90.2 cm³/mol. The lowest BCUT2D eigenvalue weighted by atomic mass is 10.3. The van der Waals surface area contributed by atoms with Gasteiger partial charge in [-0.2, -0.15) is 0 Å². The molecule has 0 radical (unpaired) electrons. The highest BCUT2D eigenvalue weighted by Crippen LogP contribution is 2.30.